The van der Waals surface area contributed by atoms with Gasteiger partial charge in [0.25, 0.3) is 0 Å². The van der Waals surface area contributed by atoms with Crippen LogP contribution in [0.5, 0.6) is 0 Å². The Labute approximate surface area is 183 Å². The predicted molar refractivity (Wildman–Crippen MR) is 108 cm³/mol. The molecule has 0 rings (SSSR count). The van der Waals surface area contributed by atoms with Gasteiger partial charge in [0.2, 0.25) is 0 Å². The molecular weight excluding hydrogens is 420 g/mol. The van der Waals surface area contributed by atoms with Gasteiger partial charge in [-0.3, -0.25) is 0 Å². The lowest BCUT2D eigenvalue weighted by Crippen LogP contribution is -2.15. The molecule has 0 aliphatic heterocycles. The Morgan fingerprint density at radius 2 is 0.645 bits per heavy atom. The summed E-state index contributed by atoms with van der Waals surface area (Å²) in [4.78, 5) is 10.1. The molecule has 12 heteroatoms. The van der Waals surface area contributed by atoms with Gasteiger partial charge in [-0.25, -0.2) is 4.79 Å². The number of hydrogen-bond acceptors (Lipinski definition) is 11. The molecule has 31 heavy (non-hydrogen) atoms. The third-order valence-electron chi connectivity index (χ3n) is 3.29. The van der Waals surface area contributed by atoms with Crippen molar-refractivity contribution in [2.45, 2.75) is 0 Å². The van der Waals surface area contributed by atoms with Crippen LogP contribution in [0.25, 0.3) is 0 Å². The molecular formula is C19H38O12. The Kier molecular flexibility index (Phi) is 26.0. The lowest BCUT2D eigenvalue weighted by molar-refractivity contribution is -0.0249. The molecule has 0 aromatic rings. The van der Waals surface area contributed by atoms with Gasteiger partial charge in [-0.15, -0.1) is 0 Å². The SMILES string of the molecule is O=C(O)OCCOCCOCCOCCOCCOCCOCCOCCOCCO. The Hall–Kier alpha value is -1.09. The van der Waals surface area contributed by atoms with E-state index in [4.69, 9.17) is 48.1 Å². The average Bonchev–Trinajstić information content (AvgIpc) is 2.76. The van der Waals surface area contributed by atoms with Gasteiger partial charge >= 0.3 is 6.16 Å². The third kappa shape index (κ3) is 28.9. The van der Waals surface area contributed by atoms with E-state index >= 15 is 0 Å². The molecule has 2 N–H and O–H groups in total. The average molecular weight is 459 g/mol. The summed E-state index contributed by atoms with van der Waals surface area (Å²) in [6, 6.07) is 0. The first-order valence-electron chi connectivity index (χ1n) is 10.4. The second-order valence-electron chi connectivity index (χ2n) is 5.74. The molecule has 0 spiro atoms. The summed E-state index contributed by atoms with van der Waals surface area (Å²) in [5.41, 5.74) is 0. The van der Waals surface area contributed by atoms with E-state index < -0.39 is 6.16 Å². The van der Waals surface area contributed by atoms with Gasteiger partial charge in [-0.2, -0.15) is 0 Å². The van der Waals surface area contributed by atoms with E-state index in [9.17, 15) is 4.79 Å². The van der Waals surface area contributed by atoms with Crippen molar-refractivity contribution in [2.24, 2.45) is 0 Å². The molecule has 0 aliphatic rings. The standard InChI is InChI=1S/C19H38O12/c20-1-2-23-3-4-24-5-6-25-7-8-26-9-10-27-11-12-28-13-14-29-15-16-30-17-18-31-19(21)22/h20H,1-18H2,(H,21,22). The summed E-state index contributed by atoms with van der Waals surface area (Å²) in [6.07, 6.45) is -1.31. The molecule has 0 bridgehead atoms. The topological polar surface area (TPSA) is 141 Å². The molecule has 0 saturated heterocycles. The lowest BCUT2D eigenvalue weighted by Gasteiger charge is -2.08. The monoisotopic (exact) mass is 458 g/mol. The predicted octanol–water partition coefficient (Wildman–Crippen LogP) is -0.194. The molecule has 0 amide bonds. The van der Waals surface area contributed by atoms with Crippen molar-refractivity contribution in [3.8, 4) is 0 Å². The van der Waals surface area contributed by atoms with E-state index in [0.29, 0.717) is 99.1 Å². The number of rotatable bonds is 26. The maximum atomic E-state index is 10.1. The van der Waals surface area contributed by atoms with Crippen LogP contribution in [0.3, 0.4) is 0 Å². The van der Waals surface area contributed by atoms with Gasteiger partial charge in [0.05, 0.1) is 112 Å². The highest BCUT2D eigenvalue weighted by Gasteiger charge is 1.96. The molecule has 0 atom stereocenters. The number of carbonyl (C=O) groups is 1. The second-order valence-corrected chi connectivity index (χ2v) is 5.74. The van der Waals surface area contributed by atoms with E-state index in [1.165, 1.54) is 0 Å². The minimum absolute atomic E-state index is 0.0109. The summed E-state index contributed by atoms with van der Waals surface area (Å²) in [5.74, 6) is 0. The number of ether oxygens (including phenoxy) is 9. The van der Waals surface area contributed by atoms with Gasteiger partial charge in [-0.05, 0) is 0 Å². The van der Waals surface area contributed by atoms with Crippen LogP contribution in [-0.2, 0) is 42.6 Å². The Balaban J connectivity index is 3.00. The maximum Gasteiger partial charge on any atom is 0.505 e. The van der Waals surface area contributed by atoms with E-state index in [1.807, 2.05) is 0 Å². The summed E-state index contributed by atoms with van der Waals surface area (Å²) < 4.78 is 46.5. The van der Waals surface area contributed by atoms with Crippen LogP contribution in [-0.4, -0.2) is 135 Å². The van der Waals surface area contributed by atoms with Crippen LogP contribution in [0.2, 0.25) is 0 Å². The van der Waals surface area contributed by atoms with E-state index in [-0.39, 0.29) is 19.8 Å². The normalized spacial score (nSPS) is 11.1. The quantitative estimate of drug-likeness (QED) is 0.131. The zero-order chi connectivity index (χ0) is 22.7. The highest BCUT2D eigenvalue weighted by atomic mass is 16.7. The minimum Gasteiger partial charge on any atom is -0.450 e. The van der Waals surface area contributed by atoms with Crippen molar-refractivity contribution in [1.82, 2.24) is 0 Å². The van der Waals surface area contributed by atoms with Crippen molar-refractivity contribution in [3.63, 3.8) is 0 Å². The fourth-order valence-electron chi connectivity index (χ4n) is 1.89. The van der Waals surface area contributed by atoms with E-state index in [1.54, 1.807) is 0 Å². The lowest BCUT2D eigenvalue weighted by atomic mass is 10.6. The van der Waals surface area contributed by atoms with Crippen LogP contribution in [0.15, 0.2) is 0 Å². The molecule has 0 heterocycles. The first kappa shape index (κ1) is 29.9. The number of aliphatic hydroxyl groups excluding tert-OH is 1. The van der Waals surface area contributed by atoms with Crippen molar-refractivity contribution < 1.29 is 57.6 Å². The van der Waals surface area contributed by atoms with Crippen LogP contribution < -0.4 is 0 Å². The summed E-state index contributed by atoms with van der Waals surface area (Å²) in [6.45, 7) is 7.09. The van der Waals surface area contributed by atoms with Crippen LogP contribution in [0.4, 0.5) is 4.79 Å². The van der Waals surface area contributed by atoms with Gasteiger partial charge in [0.1, 0.15) is 6.61 Å². The summed E-state index contributed by atoms with van der Waals surface area (Å²) >= 11 is 0. The largest absolute Gasteiger partial charge is 0.505 e. The molecule has 0 radical (unpaired) electrons. The molecule has 12 nitrogen and oxygen atoms in total. The first-order chi connectivity index (χ1) is 15.3. The first-order valence-corrected chi connectivity index (χ1v) is 10.4. The Morgan fingerprint density at radius 1 is 0.419 bits per heavy atom. The summed E-state index contributed by atoms with van der Waals surface area (Å²) in [5, 5.41) is 16.8. The van der Waals surface area contributed by atoms with Crippen molar-refractivity contribution in [3.05, 3.63) is 0 Å². The molecule has 0 fully saturated rings. The van der Waals surface area contributed by atoms with Crippen molar-refractivity contribution in [2.75, 3.05) is 119 Å². The van der Waals surface area contributed by atoms with Gasteiger partial charge in [0.15, 0.2) is 0 Å². The maximum absolute atomic E-state index is 10.1. The second kappa shape index (κ2) is 26.9. The smallest absolute Gasteiger partial charge is 0.450 e. The molecule has 0 aromatic carbocycles. The van der Waals surface area contributed by atoms with E-state index in [2.05, 4.69) is 4.74 Å². The fraction of sp³-hybridized carbons (Fsp3) is 0.947. The van der Waals surface area contributed by atoms with Gasteiger partial charge < -0.3 is 52.8 Å². The molecule has 186 valence electrons. The van der Waals surface area contributed by atoms with Crippen molar-refractivity contribution in [1.29, 1.82) is 0 Å². The number of carboxylic acid groups (broad SMARTS) is 1. The van der Waals surface area contributed by atoms with E-state index in [0.717, 1.165) is 0 Å². The van der Waals surface area contributed by atoms with Crippen LogP contribution >= 0.6 is 0 Å². The zero-order valence-electron chi connectivity index (χ0n) is 18.2. The Morgan fingerprint density at radius 3 is 0.871 bits per heavy atom. The molecule has 0 aliphatic carbocycles. The minimum atomic E-state index is -1.31. The van der Waals surface area contributed by atoms with Gasteiger partial charge in [0, 0.05) is 0 Å². The number of hydrogen-bond donors (Lipinski definition) is 2. The van der Waals surface area contributed by atoms with Gasteiger partial charge in [-0.1, -0.05) is 0 Å². The summed E-state index contributed by atoms with van der Waals surface area (Å²) in [7, 11) is 0. The van der Waals surface area contributed by atoms with Crippen LogP contribution in [0.1, 0.15) is 0 Å². The molecule has 0 unspecified atom stereocenters. The zero-order valence-corrected chi connectivity index (χ0v) is 18.2. The highest BCUT2D eigenvalue weighted by Crippen LogP contribution is 1.86. The highest BCUT2D eigenvalue weighted by molar-refractivity contribution is 5.56. The fourth-order valence-corrected chi connectivity index (χ4v) is 1.89. The molecule has 0 aromatic heterocycles. The number of aliphatic hydroxyl groups is 1. The van der Waals surface area contributed by atoms with Crippen molar-refractivity contribution >= 4 is 6.16 Å². The third-order valence-corrected chi connectivity index (χ3v) is 3.29. The van der Waals surface area contributed by atoms with Crippen LogP contribution in [0, 0.1) is 0 Å². The Bertz CT molecular complexity index is 359. The molecule has 0 saturated carbocycles.